The van der Waals surface area contributed by atoms with Gasteiger partial charge in [0, 0.05) is 24.3 Å². The van der Waals surface area contributed by atoms with E-state index in [-0.39, 0.29) is 10.8 Å². The monoisotopic (exact) mass is 397 g/mol. The van der Waals surface area contributed by atoms with Gasteiger partial charge in [0.15, 0.2) is 0 Å². The number of amides is 1. The zero-order valence-corrected chi connectivity index (χ0v) is 16.6. The van der Waals surface area contributed by atoms with Crippen LogP contribution in [0.25, 0.3) is 0 Å². The van der Waals surface area contributed by atoms with Gasteiger partial charge in [0.05, 0.1) is 17.4 Å². The number of benzene rings is 2. The Morgan fingerprint density at radius 3 is 2.43 bits per heavy atom. The van der Waals surface area contributed by atoms with Crippen LogP contribution in [0.5, 0.6) is 0 Å². The van der Waals surface area contributed by atoms with Crippen LogP contribution in [0, 0.1) is 18.3 Å². The Balaban J connectivity index is 1.82. The van der Waals surface area contributed by atoms with Gasteiger partial charge >= 0.3 is 0 Å². The number of nitrogens with one attached hydrogen (secondary N) is 1. The molecule has 0 atom stereocenters. The molecule has 1 saturated heterocycles. The largest absolute Gasteiger partial charge is 0.322 e. The number of nitrogens with zero attached hydrogens (tertiary/aromatic N) is 2. The summed E-state index contributed by atoms with van der Waals surface area (Å²) >= 11 is 0. The SMILES string of the molecule is Cc1ccc(S(=O)(=O)N2CCCCC2)cc1C(=O)Nc1ccc(CC#N)cc1. The van der Waals surface area contributed by atoms with E-state index < -0.39 is 10.0 Å². The van der Waals surface area contributed by atoms with E-state index in [1.165, 1.54) is 10.4 Å². The van der Waals surface area contributed by atoms with Crippen molar-refractivity contribution in [1.82, 2.24) is 4.31 Å². The second-order valence-corrected chi connectivity index (χ2v) is 8.87. The lowest BCUT2D eigenvalue weighted by Crippen LogP contribution is -2.35. The molecule has 0 saturated carbocycles. The minimum absolute atomic E-state index is 0.148. The minimum atomic E-state index is -3.60. The number of nitriles is 1. The lowest BCUT2D eigenvalue weighted by Gasteiger charge is -2.26. The number of rotatable bonds is 5. The van der Waals surface area contributed by atoms with Crippen molar-refractivity contribution >= 4 is 21.6 Å². The molecular weight excluding hydrogens is 374 g/mol. The third-order valence-electron chi connectivity index (χ3n) is 4.90. The third-order valence-corrected chi connectivity index (χ3v) is 6.80. The number of hydrogen-bond donors (Lipinski definition) is 1. The van der Waals surface area contributed by atoms with Crippen molar-refractivity contribution in [3.63, 3.8) is 0 Å². The molecule has 2 aromatic rings. The summed E-state index contributed by atoms with van der Waals surface area (Å²) in [5, 5.41) is 11.5. The normalized spacial score (nSPS) is 15.0. The number of carbonyl (C=O) groups is 1. The molecule has 28 heavy (non-hydrogen) atoms. The van der Waals surface area contributed by atoms with Gasteiger partial charge in [-0.3, -0.25) is 4.79 Å². The van der Waals surface area contributed by atoms with E-state index in [2.05, 4.69) is 11.4 Å². The van der Waals surface area contributed by atoms with Crippen LogP contribution in [-0.4, -0.2) is 31.7 Å². The molecule has 3 rings (SSSR count). The number of anilines is 1. The zero-order chi connectivity index (χ0) is 20.1. The van der Waals surface area contributed by atoms with Crippen molar-refractivity contribution in [2.24, 2.45) is 0 Å². The quantitative estimate of drug-likeness (QED) is 0.836. The van der Waals surface area contributed by atoms with Gasteiger partial charge in [0.2, 0.25) is 10.0 Å². The summed E-state index contributed by atoms with van der Waals surface area (Å²) in [7, 11) is -3.60. The van der Waals surface area contributed by atoms with Crippen molar-refractivity contribution in [2.75, 3.05) is 18.4 Å². The lowest BCUT2D eigenvalue weighted by atomic mass is 10.1. The standard InChI is InChI=1S/C21H23N3O3S/c1-16-5-10-19(28(26,27)24-13-3-2-4-14-24)15-20(16)21(25)23-18-8-6-17(7-9-18)11-12-22/h5-10,15H,2-4,11,13-14H2,1H3,(H,23,25). The van der Waals surface area contributed by atoms with Crippen LogP contribution in [0.1, 0.15) is 40.7 Å². The number of hydrogen-bond acceptors (Lipinski definition) is 4. The Kier molecular flexibility index (Phi) is 6.12. The van der Waals surface area contributed by atoms with Crippen molar-refractivity contribution in [3.8, 4) is 6.07 Å². The van der Waals surface area contributed by atoms with E-state index in [0.717, 1.165) is 24.8 Å². The highest BCUT2D eigenvalue weighted by Gasteiger charge is 2.27. The molecule has 0 bridgehead atoms. The smallest absolute Gasteiger partial charge is 0.255 e. The summed E-state index contributed by atoms with van der Waals surface area (Å²) in [4.78, 5) is 12.9. The molecule has 2 aromatic carbocycles. The molecular formula is C21H23N3O3S. The summed E-state index contributed by atoms with van der Waals surface area (Å²) < 4.78 is 27.3. The van der Waals surface area contributed by atoms with Gasteiger partial charge in [-0.2, -0.15) is 9.57 Å². The van der Waals surface area contributed by atoms with Crippen LogP contribution >= 0.6 is 0 Å². The van der Waals surface area contributed by atoms with Crippen molar-refractivity contribution in [3.05, 3.63) is 59.2 Å². The molecule has 6 nitrogen and oxygen atoms in total. The Morgan fingerprint density at radius 2 is 1.79 bits per heavy atom. The molecule has 1 fully saturated rings. The molecule has 146 valence electrons. The molecule has 0 spiro atoms. The van der Waals surface area contributed by atoms with E-state index in [9.17, 15) is 13.2 Å². The maximum absolute atomic E-state index is 12.9. The van der Waals surface area contributed by atoms with Gasteiger partial charge in [-0.25, -0.2) is 8.42 Å². The minimum Gasteiger partial charge on any atom is -0.322 e. The fourth-order valence-electron chi connectivity index (χ4n) is 3.26. The Bertz CT molecular complexity index is 1000. The summed E-state index contributed by atoms with van der Waals surface area (Å²) in [5.74, 6) is -0.360. The highest BCUT2D eigenvalue weighted by atomic mass is 32.2. The first kappa shape index (κ1) is 20.1. The fraction of sp³-hybridized carbons (Fsp3) is 0.333. The summed E-state index contributed by atoms with van der Waals surface area (Å²) in [6.45, 7) is 2.82. The molecule has 7 heteroatoms. The zero-order valence-electron chi connectivity index (χ0n) is 15.8. The summed E-state index contributed by atoms with van der Waals surface area (Å²) in [6, 6.07) is 13.8. The molecule has 0 unspecified atom stereocenters. The van der Waals surface area contributed by atoms with Crippen molar-refractivity contribution < 1.29 is 13.2 Å². The highest BCUT2D eigenvalue weighted by Crippen LogP contribution is 2.23. The van der Waals surface area contributed by atoms with Crippen molar-refractivity contribution in [1.29, 1.82) is 5.26 Å². The lowest BCUT2D eigenvalue weighted by molar-refractivity contribution is 0.102. The number of sulfonamides is 1. The van der Waals surface area contributed by atoms with E-state index in [0.29, 0.717) is 36.3 Å². The van der Waals surface area contributed by atoms with Crippen LogP contribution in [-0.2, 0) is 16.4 Å². The topological polar surface area (TPSA) is 90.3 Å². The van der Waals surface area contributed by atoms with Crippen molar-refractivity contribution in [2.45, 2.75) is 37.5 Å². The highest BCUT2D eigenvalue weighted by molar-refractivity contribution is 7.89. The van der Waals surface area contributed by atoms with Gasteiger partial charge in [-0.15, -0.1) is 0 Å². The predicted octanol–water partition coefficient (Wildman–Crippen LogP) is 3.49. The van der Waals surface area contributed by atoms with E-state index in [1.807, 2.05) is 0 Å². The Labute approximate surface area is 165 Å². The first-order valence-corrected chi connectivity index (χ1v) is 10.7. The molecule has 0 aromatic heterocycles. The first-order chi connectivity index (χ1) is 13.4. The van der Waals surface area contributed by atoms with E-state index in [4.69, 9.17) is 5.26 Å². The number of piperidine rings is 1. The fourth-order valence-corrected chi connectivity index (χ4v) is 4.80. The first-order valence-electron chi connectivity index (χ1n) is 9.30. The maximum Gasteiger partial charge on any atom is 0.255 e. The van der Waals surface area contributed by atoms with Crippen LogP contribution in [0.2, 0.25) is 0 Å². The third kappa shape index (κ3) is 4.41. The summed E-state index contributed by atoms with van der Waals surface area (Å²) in [5.41, 5.74) is 2.50. The number of aryl methyl sites for hydroxylation is 1. The Hall–Kier alpha value is -2.69. The second-order valence-electron chi connectivity index (χ2n) is 6.93. The van der Waals surface area contributed by atoms with E-state index >= 15 is 0 Å². The molecule has 1 heterocycles. The number of carbonyl (C=O) groups excluding carboxylic acids is 1. The van der Waals surface area contributed by atoms with Crippen LogP contribution in [0.4, 0.5) is 5.69 Å². The molecule has 1 aliphatic heterocycles. The molecule has 0 aliphatic carbocycles. The molecule has 1 N–H and O–H groups in total. The summed E-state index contributed by atoms with van der Waals surface area (Å²) in [6.07, 6.45) is 3.07. The maximum atomic E-state index is 12.9. The molecule has 0 radical (unpaired) electrons. The van der Waals surface area contributed by atoms with Gasteiger partial charge < -0.3 is 5.32 Å². The van der Waals surface area contributed by atoms with Gasteiger partial charge in [0.1, 0.15) is 0 Å². The average Bonchev–Trinajstić information content (AvgIpc) is 2.70. The molecule has 1 amide bonds. The van der Waals surface area contributed by atoms with Gasteiger partial charge in [-0.05, 0) is 55.2 Å². The van der Waals surface area contributed by atoms with Crippen LogP contribution in [0.15, 0.2) is 47.4 Å². The molecule has 1 aliphatic rings. The van der Waals surface area contributed by atoms with Gasteiger partial charge in [-0.1, -0.05) is 24.6 Å². The van der Waals surface area contributed by atoms with Crippen LogP contribution < -0.4 is 5.32 Å². The second kappa shape index (κ2) is 8.55. The predicted molar refractivity (Wildman–Crippen MR) is 108 cm³/mol. The van der Waals surface area contributed by atoms with Crippen LogP contribution in [0.3, 0.4) is 0 Å². The Morgan fingerprint density at radius 1 is 1.11 bits per heavy atom. The van der Waals surface area contributed by atoms with Gasteiger partial charge in [0.25, 0.3) is 5.91 Å². The average molecular weight is 398 g/mol. The van der Waals surface area contributed by atoms with E-state index in [1.54, 1.807) is 43.3 Å².